The van der Waals surface area contributed by atoms with E-state index >= 15 is 0 Å². The molecule has 2 atom stereocenters. The van der Waals surface area contributed by atoms with Crippen LogP contribution < -0.4 is 0 Å². The summed E-state index contributed by atoms with van der Waals surface area (Å²) in [5.41, 5.74) is 1.13. The van der Waals surface area contributed by atoms with Crippen molar-refractivity contribution in [2.75, 3.05) is 0 Å². The predicted octanol–water partition coefficient (Wildman–Crippen LogP) is 3.72. The molecule has 0 N–H and O–H groups in total. The summed E-state index contributed by atoms with van der Waals surface area (Å²) in [7, 11) is 0. The summed E-state index contributed by atoms with van der Waals surface area (Å²) in [6.45, 7) is 11.0. The van der Waals surface area contributed by atoms with Crippen LogP contribution in [0.4, 0.5) is 0 Å². The van der Waals surface area contributed by atoms with Gasteiger partial charge in [-0.25, -0.2) is 0 Å². The van der Waals surface area contributed by atoms with Crippen molar-refractivity contribution in [3.05, 3.63) is 11.6 Å². The lowest BCUT2D eigenvalue weighted by molar-refractivity contribution is -0.154. The average Bonchev–Trinajstić information content (AvgIpc) is 2.95. The minimum absolute atomic E-state index is 0.0432. The van der Waals surface area contributed by atoms with E-state index < -0.39 is 35.7 Å². The predicted molar refractivity (Wildman–Crippen MR) is 98.2 cm³/mol. The van der Waals surface area contributed by atoms with Crippen molar-refractivity contribution in [1.29, 1.82) is 0 Å². The fourth-order valence-electron chi connectivity index (χ4n) is 4.17. The van der Waals surface area contributed by atoms with Gasteiger partial charge in [0.05, 0.1) is 24.7 Å². The van der Waals surface area contributed by atoms with E-state index in [1.807, 2.05) is 0 Å². The normalized spacial score (nSPS) is 23.4. The minimum Gasteiger partial charge on any atom is -0.393 e. The highest BCUT2D eigenvalue weighted by Gasteiger charge is 2.37. The van der Waals surface area contributed by atoms with E-state index in [0.717, 1.165) is 18.4 Å². The monoisotopic (exact) mass is 378 g/mol. The van der Waals surface area contributed by atoms with Gasteiger partial charge in [0.2, 0.25) is 0 Å². The van der Waals surface area contributed by atoms with E-state index in [1.165, 1.54) is 0 Å². The molecule has 27 heavy (non-hydrogen) atoms. The molecule has 2 aliphatic heterocycles. The van der Waals surface area contributed by atoms with Crippen molar-refractivity contribution in [2.24, 2.45) is 22.7 Å². The summed E-state index contributed by atoms with van der Waals surface area (Å²) in [5.74, 6) is -3.05. The molecular weight excluding hydrogens is 348 g/mol. The molecule has 6 nitrogen and oxygen atoms in total. The maximum atomic E-state index is 11.8. The summed E-state index contributed by atoms with van der Waals surface area (Å²) in [4.78, 5) is 46.4. The highest BCUT2D eigenvalue weighted by Crippen LogP contribution is 2.38. The third-order valence-electron chi connectivity index (χ3n) is 4.89. The Morgan fingerprint density at radius 2 is 1.33 bits per heavy atom. The number of allylic oxidation sites excluding steroid dienone is 2. The van der Waals surface area contributed by atoms with Crippen molar-refractivity contribution >= 4 is 23.9 Å². The average molecular weight is 378 g/mol. The molecule has 0 aliphatic carbocycles. The van der Waals surface area contributed by atoms with Gasteiger partial charge in [-0.2, -0.15) is 0 Å². The lowest BCUT2D eigenvalue weighted by Crippen LogP contribution is -2.20. The van der Waals surface area contributed by atoms with E-state index in [4.69, 9.17) is 0 Å². The molecule has 2 fully saturated rings. The number of carbonyl (C=O) groups is 4. The first-order chi connectivity index (χ1) is 12.3. The van der Waals surface area contributed by atoms with E-state index in [-0.39, 0.29) is 23.7 Å². The topological polar surface area (TPSA) is 86.7 Å². The zero-order valence-corrected chi connectivity index (χ0v) is 16.9. The van der Waals surface area contributed by atoms with Gasteiger partial charge in [-0.15, -0.1) is 0 Å². The molecule has 0 bridgehead atoms. The standard InChI is InChI=1S/C21H30O6/c1-20(2,3)12-21(4,5)7-6-13(8-14-10-16(22)26-18(14)24)9-15-11-17(23)27-19(15)25/h6,14-15H,7-12H2,1-5H3. The lowest BCUT2D eigenvalue weighted by Gasteiger charge is -2.32. The first kappa shape index (κ1) is 21.3. The summed E-state index contributed by atoms with van der Waals surface area (Å²) in [6, 6.07) is 0. The van der Waals surface area contributed by atoms with Crippen LogP contribution in [0.25, 0.3) is 0 Å². The molecule has 0 aromatic rings. The van der Waals surface area contributed by atoms with Gasteiger partial charge in [0.15, 0.2) is 0 Å². The molecule has 0 spiro atoms. The largest absolute Gasteiger partial charge is 0.393 e. The summed E-state index contributed by atoms with van der Waals surface area (Å²) < 4.78 is 9.29. The van der Waals surface area contributed by atoms with Gasteiger partial charge in [0, 0.05) is 0 Å². The smallest absolute Gasteiger partial charge is 0.317 e. The van der Waals surface area contributed by atoms with E-state index in [0.29, 0.717) is 12.8 Å². The molecule has 150 valence electrons. The molecular formula is C21H30O6. The first-order valence-electron chi connectivity index (χ1n) is 9.52. The fourth-order valence-corrected chi connectivity index (χ4v) is 4.17. The summed E-state index contributed by atoms with van der Waals surface area (Å²) in [6.07, 6.45) is 4.73. The Hall–Kier alpha value is -1.98. The first-order valence-corrected chi connectivity index (χ1v) is 9.52. The molecule has 0 aromatic heterocycles. The van der Waals surface area contributed by atoms with E-state index in [1.54, 1.807) is 0 Å². The van der Waals surface area contributed by atoms with Crippen LogP contribution in [-0.4, -0.2) is 23.9 Å². The molecule has 6 heteroatoms. The third-order valence-corrected chi connectivity index (χ3v) is 4.89. The van der Waals surface area contributed by atoms with Crippen LogP contribution in [0.2, 0.25) is 0 Å². The van der Waals surface area contributed by atoms with Gasteiger partial charge in [0.1, 0.15) is 0 Å². The summed E-state index contributed by atoms with van der Waals surface area (Å²) >= 11 is 0. The highest BCUT2D eigenvalue weighted by atomic mass is 16.6. The highest BCUT2D eigenvalue weighted by molar-refractivity contribution is 5.95. The van der Waals surface area contributed by atoms with Crippen LogP contribution in [0, 0.1) is 22.7 Å². The van der Waals surface area contributed by atoms with Gasteiger partial charge in [-0.3, -0.25) is 19.2 Å². The third kappa shape index (κ3) is 6.60. The molecule has 0 amide bonds. The zero-order valence-electron chi connectivity index (χ0n) is 16.9. The van der Waals surface area contributed by atoms with Gasteiger partial charge < -0.3 is 9.47 Å². The second kappa shape index (κ2) is 7.95. The molecule has 0 radical (unpaired) electrons. The second-order valence-corrected chi connectivity index (χ2v) is 9.76. The summed E-state index contributed by atoms with van der Waals surface area (Å²) in [5, 5.41) is 0. The number of rotatable bonds is 7. The van der Waals surface area contributed by atoms with Crippen LogP contribution >= 0.6 is 0 Å². The number of hydrogen-bond donors (Lipinski definition) is 0. The number of esters is 4. The fraction of sp³-hybridized carbons (Fsp3) is 0.714. The maximum absolute atomic E-state index is 11.8. The lowest BCUT2D eigenvalue weighted by atomic mass is 9.74. The molecule has 2 unspecified atom stereocenters. The number of carbonyl (C=O) groups excluding carboxylic acids is 4. The van der Waals surface area contributed by atoms with Gasteiger partial charge in [-0.05, 0) is 36.5 Å². The van der Waals surface area contributed by atoms with Crippen molar-refractivity contribution in [3.63, 3.8) is 0 Å². The van der Waals surface area contributed by atoms with Crippen LogP contribution in [0.5, 0.6) is 0 Å². The molecule has 0 saturated carbocycles. The van der Waals surface area contributed by atoms with Crippen molar-refractivity contribution in [1.82, 2.24) is 0 Å². The second-order valence-electron chi connectivity index (χ2n) is 9.76. The van der Waals surface area contributed by atoms with Crippen LogP contribution in [-0.2, 0) is 28.7 Å². The van der Waals surface area contributed by atoms with Crippen molar-refractivity contribution in [3.8, 4) is 0 Å². The Morgan fingerprint density at radius 1 is 0.889 bits per heavy atom. The van der Waals surface area contributed by atoms with Gasteiger partial charge in [-0.1, -0.05) is 46.3 Å². The van der Waals surface area contributed by atoms with Crippen molar-refractivity contribution in [2.45, 2.75) is 73.1 Å². The van der Waals surface area contributed by atoms with Crippen LogP contribution in [0.1, 0.15) is 73.1 Å². The van der Waals surface area contributed by atoms with E-state index in [2.05, 4.69) is 50.2 Å². The van der Waals surface area contributed by atoms with E-state index in [9.17, 15) is 19.2 Å². The molecule has 0 aromatic carbocycles. The SMILES string of the molecule is CC(C)(C)CC(C)(C)CC=C(CC1CC(=O)OC1=O)CC1CC(=O)OC1=O. The molecule has 2 heterocycles. The molecule has 2 saturated heterocycles. The Labute approximate surface area is 160 Å². The van der Waals surface area contributed by atoms with Gasteiger partial charge in [0.25, 0.3) is 0 Å². The molecule has 2 rings (SSSR count). The van der Waals surface area contributed by atoms with Crippen molar-refractivity contribution < 1.29 is 28.7 Å². The number of ether oxygens (including phenoxy) is 2. The number of hydrogen-bond acceptors (Lipinski definition) is 6. The quantitative estimate of drug-likeness (QED) is 0.381. The van der Waals surface area contributed by atoms with Crippen LogP contribution in [0.15, 0.2) is 11.6 Å². The number of cyclic esters (lactones) is 4. The Morgan fingerprint density at radius 3 is 1.67 bits per heavy atom. The van der Waals surface area contributed by atoms with Crippen LogP contribution in [0.3, 0.4) is 0 Å². The molecule has 2 aliphatic rings. The Bertz CT molecular complexity index is 625. The minimum atomic E-state index is -0.511. The zero-order chi connectivity index (χ0) is 20.4. The Kier molecular flexibility index (Phi) is 6.28. The van der Waals surface area contributed by atoms with Gasteiger partial charge >= 0.3 is 23.9 Å². The Balaban J connectivity index is 2.13. The maximum Gasteiger partial charge on any atom is 0.317 e.